The molecule has 3 amide bonds. The minimum absolute atomic E-state index is 0.261. The normalized spacial score (nSPS) is 13.6. The average Bonchev–Trinajstić information content (AvgIpc) is 2.55. The SMILES string of the molecule is CN1C(=O)c2ccc(C(=O)[NH][Al][NH2])cc2C1=O. The predicted molar refractivity (Wildman–Crippen MR) is 60.3 cm³/mol. The highest BCUT2D eigenvalue weighted by Crippen LogP contribution is 2.22. The number of benzene rings is 1. The van der Waals surface area contributed by atoms with Crippen molar-refractivity contribution in [2.45, 2.75) is 0 Å². The lowest BCUT2D eigenvalue weighted by Crippen LogP contribution is -2.33. The van der Waals surface area contributed by atoms with Crippen LogP contribution >= 0.6 is 0 Å². The summed E-state index contributed by atoms with van der Waals surface area (Å²) in [5, 5.41) is 0. The topological polar surface area (TPSA) is 92.5 Å². The smallest absolute Gasteiger partial charge is 0.435 e. The van der Waals surface area contributed by atoms with E-state index in [1.54, 1.807) is 0 Å². The van der Waals surface area contributed by atoms with Gasteiger partial charge in [-0.2, -0.15) is 0 Å². The summed E-state index contributed by atoms with van der Waals surface area (Å²) in [7, 11) is 1.41. The number of nitrogens with zero attached hydrogens (tertiary/aromatic N) is 1. The van der Waals surface area contributed by atoms with Gasteiger partial charge < -0.3 is 9.02 Å². The highest BCUT2D eigenvalue weighted by Gasteiger charge is 2.33. The van der Waals surface area contributed by atoms with Crippen LogP contribution in [0.15, 0.2) is 18.2 Å². The first-order chi connectivity index (χ1) is 8.06. The molecule has 6 nitrogen and oxygen atoms in total. The Hall–Kier alpha value is -1.68. The van der Waals surface area contributed by atoms with Crippen LogP contribution < -0.4 is 9.02 Å². The van der Waals surface area contributed by atoms with Crippen LogP contribution in [0, 0.1) is 0 Å². The van der Waals surface area contributed by atoms with Gasteiger partial charge >= 0.3 is 15.7 Å². The second kappa shape index (κ2) is 4.30. The molecule has 1 aliphatic rings. The highest BCUT2D eigenvalue weighted by atomic mass is 27.1. The van der Waals surface area contributed by atoms with Gasteiger partial charge in [0.25, 0.3) is 11.8 Å². The molecule has 1 radical (unpaired) electrons. The summed E-state index contributed by atoms with van der Waals surface area (Å²) in [6, 6.07) is 4.41. The van der Waals surface area contributed by atoms with Crippen molar-refractivity contribution in [2.75, 3.05) is 7.05 Å². The number of hydrogen-bond acceptors (Lipinski definition) is 4. The molecule has 3 N–H and O–H groups in total. The molecule has 2 rings (SSSR count). The number of nitrogens with one attached hydrogen (secondary N) is 1. The van der Waals surface area contributed by atoms with Crippen molar-refractivity contribution in [1.82, 2.24) is 9.20 Å². The number of nitrogens with two attached hydrogens (primary N) is 1. The average molecular weight is 246 g/mol. The number of amides is 3. The van der Waals surface area contributed by atoms with Crippen LogP contribution in [0.3, 0.4) is 0 Å². The molecular weight excluding hydrogens is 237 g/mol. The van der Waals surface area contributed by atoms with Crippen molar-refractivity contribution in [2.24, 2.45) is 4.72 Å². The number of carbonyl (C=O) groups is 3. The molecule has 85 valence electrons. The first kappa shape index (κ1) is 11.8. The van der Waals surface area contributed by atoms with Gasteiger partial charge in [-0.25, -0.2) is 0 Å². The minimum Gasteiger partial charge on any atom is -0.435 e. The lowest BCUT2D eigenvalue weighted by molar-refractivity contribution is 0.0693. The third-order valence-electron chi connectivity index (χ3n) is 2.57. The first-order valence-electron chi connectivity index (χ1n) is 4.87. The third kappa shape index (κ3) is 1.85. The van der Waals surface area contributed by atoms with Crippen LogP contribution in [0.4, 0.5) is 0 Å². The summed E-state index contributed by atoms with van der Waals surface area (Å²) < 4.78 is 7.78. The van der Waals surface area contributed by atoms with Gasteiger partial charge in [-0.15, -0.1) is 0 Å². The van der Waals surface area contributed by atoms with E-state index in [1.807, 2.05) is 0 Å². The minimum atomic E-state index is -0.645. The Morgan fingerprint density at radius 1 is 1.29 bits per heavy atom. The van der Waals surface area contributed by atoms with Crippen molar-refractivity contribution >= 4 is 33.4 Å². The maximum Gasteiger partial charge on any atom is 0.497 e. The van der Waals surface area contributed by atoms with E-state index >= 15 is 0 Å². The maximum atomic E-state index is 11.7. The van der Waals surface area contributed by atoms with E-state index in [-0.39, 0.29) is 23.3 Å². The second-order valence-corrected chi connectivity index (χ2v) is 4.19. The van der Waals surface area contributed by atoms with Crippen molar-refractivity contribution in [3.63, 3.8) is 0 Å². The molecule has 0 spiro atoms. The Kier molecular flexibility index (Phi) is 2.98. The zero-order chi connectivity index (χ0) is 12.6. The van der Waals surface area contributed by atoms with E-state index in [9.17, 15) is 14.4 Å². The van der Waals surface area contributed by atoms with E-state index in [0.29, 0.717) is 11.1 Å². The Morgan fingerprint density at radius 2 is 1.94 bits per heavy atom. The highest BCUT2D eigenvalue weighted by molar-refractivity contribution is 6.34. The molecule has 0 aromatic heterocycles. The molecule has 0 saturated heterocycles. The van der Waals surface area contributed by atoms with Gasteiger partial charge in [0, 0.05) is 12.6 Å². The Balaban J connectivity index is 2.43. The molecule has 1 heterocycles. The first-order valence-corrected chi connectivity index (χ1v) is 6.11. The van der Waals surface area contributed by atoms with Crippen molar-refractivity contribution < 1.29 is 14.4 Å². The van der Waals surface area contributed by atoms with Gasteiger partial charge in [0.05, 0.1) is 11.1 Å². The van der Waals surface area contributed by atoms with Crippen LogP contribution in [0.5, 0.6) is 0 Å². The fourth-order valence-corrected chi connectivity index (χ4v) is 1.98. The summed E-state index contributed by atoms with van der Waals surface area (Å²) in [6.07, 6.45) is 0. The quantitative estimate of drug-likeness (QED) is 0.524. The molecule has 1 aromatic rings. The number of imide groups is 1. The number of rotatable bonds is 2. The van der Waals surface area contributed by atoms with Crippen molar-refractivity contribution in [1.29, 1.82) is 0 Å². The van der Waals surface area contributed by atoms with Gasteiger partial charge in [-0.1, -0.05) is 0 Å². The maximum absolute atomic E-state index is 11.7. The van der Waals surface area contributed by atoms with Gasteiger partial charge in [-0.05, 0) is 18.2 Å². The van der Waals surface area contributed by atoms with E-state index in [0.717, 1.165) is 4.90 Å². The molecule has 1 aromatic carbocycles. The predicted octanol–water partition coefficient (Wildman–Crippen LogP) is -0.865. The number of fused-ring (bicyclic) bond motifs is 1. The fourth-order valence-electron chi connectivity index (χ4n) is 1.66. The molecule has 0 unspecified atom stereocenters. The number of hydrogen-bond donors (Lipinski definition) is 2. The lowest BCUT2D eigenvalue weighted by Gasteiger charge is -2.03. The molecule has 0 atom stereocenters. The summed E-state index contributed by atoms with van der Waals surface area (Å²) >= 11 is -0.645. The van der Waals surface area contributed by atoms with E-state index in [4.69, 9.17) is 4.72 Å². The Morgan fingerprint density at radius 3 is 2.59 bits per heavy atom. The second-order valence-electron chi connectivity index (χ2n) is 3.57. The van der Waals surface area contributed by atoms with Crippen LogP contribution in [0.1, 0.15) is 31.1 Å². The molecule has 17 heavy (non-hydrogen) atoms. The lowest BCUT2D eigenvalue weighted by atomic mass is 10.1. The molecule has 0 bridgehead atoms. The van der Waals surface area contributed by atoms with Crippen LogP contribution in [0.2, 0.25) is 0 Å². The van der Waals surface area contributed by atoms with Crippen LogP contribution in [0.25, 0.3) is 0 Å². The fraction of sp³-hybridized carbons (Fsp3) is 0.100. The standard InChI is InChI=1S/C10H8N2O3.Al.H2N/c1-12-9(14)6-3-2-5(8(11)13)4-7(6)10(12)15;;/h2-4H,1H3,(H2,11,13);;1H2/q;+2;-1/p-1. The van der Waals surface area contributed by atoms with E-state index in [1.165, 1.54) is 25.2 Å². The molecular formula is C10H9AlN3O3. The van der Waals surface area contributed by atoms with Gasteiger partial charge in [-0.3, -0.25) is 19.3 Å². The van der Waals surface area contributed by atoms with Crippen molar-refractivity contribution in [3.05, 3.63) is 34.9 Å². The van der Waals surface area contributed by atoms with Gasteiger partial charge in [0.15, 0.2) is 0 Å². The molecule has 7 heteroatoms. The van der Waals surface area contributed by atoms with E-state index in [2.05, 4.69) is 4.30 Å². The Bertz CT molecular complexity index is 530. The molecule has 0 saturated carbocycles. The summed E-state index contributed by atoms with van der Waals surface area (Å²) in [4.78, 5) is 35.9. The third-order valence-corrected chi connectivity index (χ3v) is 3.00. The summed E-state index contributed by atoms with van der Waals surface area (Å²) in [6.45, 7) is 0. The summed E-state index contributed by atoms with van der Waals surface area (Å²) in [5.41, 5.74) is 0.921. The van der Waals surface area contributed by atoms with E-state index < -0.39 is 15.7 Å². The zero-order valence-electron chi connectivity index (χ0n) is 9.06. The van der Waals surface area contributed by atoms with Crippen LogP contribution in [-0.4, -0.2) is 45.3 Å². The largest absolute Gasteiger partial charge is 0.497 e. The summed E-state index contributed by atoms with van der Waals surface area (Å²) in [5.74, 6) is -1.07. The van der Waals surface area contributed by atoms with Gasteiger partial charge in [0.1, 0.15) is 0 Å². The number of carbonyl (C=O) groups excluding carboxylic acids is 3. The molecule has 0 fully saturated rings. The Labute approximate surface area is 104 Å². The monoisotopic (exact) mass is 246 g/mol. The molecule has 1 aliphatic heterocycles. The van der Waals surface area contributed by atoms with Crippen LogP contribution in [-0.2, 0) is 0 Å². The van der Waals surface area contributed by atoms with Gasteiger partial charge in [0.2, 0.25) is 5.91 Å². The van der Waals surface area contributed by atoms with Crippen molar-refractivity contribution in [3.8, 4) is 0 Å². The molecule has 0 aliphatic carbocycles. The zero-order valence-corrected chi connectivity index (χ0v) is 10.2.